The highest BCUT2D eigenvalue weighted by Crippen LogP contribution is 2.18. The lowest BCUT2D eigenvalue weighted by Gasteiger charge is -2.09. The Morgan fingerprint density at radius 2 is 2.12 bits per heavy atom. The van der Waals surface area contributed by atoms with E-state index in [0.717, 1.165) is 5.56 Å². The van der Waals surface area contributed by atoms with Crippen molar-refractivity contribution in [3.8, 4) is 0 Å². The van der Waals surface area contributed by atoms with E-state index < -0.39 is 5.97 Å². The normalized spacial score (nSPS) is 9.69. The molecule has 1 aromatic rings. The highest BCUT2D eigenvalue weighted by atomic mass is 16.5. The summed E-state index contributed by atoms with van der Waals surface area (Å²) in [5.74, 6) is -0.844. The van der Waals surface area contributed by atoms with Crippen LogP contribution in [0, 0.1) is 6.92 Å². The molecule has 0 aliphatic heterocycles. The van der Waals surface area contributed by atoms with Gasteiger partial charge in [0.15, 0.2) is 0 Å². The lowest BCUT2D eigenvalue weighted by atomic mass is 10.1. The molecule has 0 unspecified atom stereocenters. The number of anilines is 1. The van der Waals surface area contributed by atoms with Gasteiger partial charge in [0.1, 0.15) is 0 Å². The molecular formula is C11H14N2O3. The van der Waals surface area contributed by atoms with Gasteiger partial charge in [0, 0.05) is 0 Å². The number of amides is 1. The van der Waals surface area contributed by atoms with Gasteiger partial charge in [0.2, 0.25) is 5.91 Å². The molecule has 0 radical (unpaired) electrons. The average molecular weight is 222 g/mol. The van der Waals surface area contributed by atoms with Crippen LogP contribution in [-0.4, -0.2) is 25.5 Å². The molecule has 1 amide bonds. The maximum absolute atomic E-state index is 11.4. The number of nitrogens with two attached hydrogens (primary N) is 1. The van der Waals surface area contributed by atoms with E-state index in [0.29, 0.717) is 11.3 Å². The van der Waals surface area contributed by atoms with Crippen molar-refractivity contribution in [2.45, 2.75) is 6.92 Å². The van der Waals surface area contributed by atoms with Gasteiger partial charge in [-0.3, -0.25) is 4.79 Å². The second-order valence-electron chi connectivity index (χ2n) is 3.29. The zero-order chi connectivity index (χ0) is 12.1. The van der Waals surface area contributed by atoms with E-state index >= 15 is 0 Å². The number of carbonyl (C=O) groups is 2. The standard InChI is InChI=1S/C11H14N2O3/c1-7-3-4-8(11(15)16-2)9(5-7)13-10(14)6-12/h3-5H,6,12H2,1-2H3,(H,13,14). The Bertz CT molecular complexity index is 416. The molecule has 1 rings (SSSR count). The molecule has 0 fully saturated rings. The van der Waals surface area contributed by atoms with E-state index in [1.54, 1.807) is 18.2 Å². The van der Waals surface area contributed by atoms with E-state index in [9.17, 15) is 9.59 Å². The van der Waals surface area contributed by atoms with Crippen LogP contribution >= 0.6 is 0 Å². The molecule has 16 heavy (non-hydrogen) atoms. The quantitative estimate of drug-likeness (QED) is 0.737. The Morgan fingerprint density at radius 3 is 2.69 bits per heavy atom. The fourth-order valence-electron chi connectivity index (χ4n) is 1.25. The van der Waals surface area contributed by atoms with Gasteiger partial charge >= 0.3 is 5.97 Å². The van der Waals surface area contributed by atoms with Crippen molar-refractivity contribution >= 4 is 17.6 Å². The molecule has 1 aromatic carbocycles. The summed E-state index contributed by atoms with van der Waals surface area (Å²) in [6.07, 6.45) is 0. The fraction of sp³-hybridized carbons (Fsp3) is 0.273. The number of ether oxygens (including phenoxy) is 1. The van der Waals surface area contributed by atoms with Gasteiger partial charge in [-0.15, -0.1) is 0 Å². The van der Waals surface area contributed by atoms with Crippen LogP contribution in [-0.2, 0) is 9.53 Å². The summed E-state index contributed by atoms with van der Waals surface area (Å²) in [5.41, 5.74) is 6.85. The third-order valence-corrected chi connectivity index (χ3v) is 2.04. The predicted molar refractivity (Wildman–Crippen MR) is 60.2 cm³/mol. The van der Waals surface area contributed by atoms with Gasteiger partial charge in [-0.2, -0.15) is 0 Å². The molecule has 0 saturated carbocycles. The Hall–Kier alpha value is -1.88. The van der Waals surface area contributed by atoms with Crippen LogP contribution in [0.2, 0.25) is 0 Å². The maximum Gasteiger partial charge on any atom is 0.339 e. The first-order valence-electron chi connectivity index (χ1n) is 4.77. The minimum absolute atomic E-state index is 0.130. The third-order valence-electron chi connectivity index (χ3n) is 2.04. The van der Waals surface area contributed by atoms with E-state index in [1.165, 1.54) is 7.11 Å². The second kappa shape index (κ2) is 5.27. The SMILES string of the molecule is COC(=O)c1ccc(C)cc1NC(=O)CN. The molecule has 86 valence electrons. The van der Waals surface area contributed by atoms with Gasteiger partial charge in [0.05, 0.1) is 24.9 Å². The van der Waals surface area contributed by atoms with Crippen molar-refractivity contribution in [3.05, 3.63) is 29.3 Å². The number of rotatable bonds is 3. The highest BCUT2D eigenvalue weighted by Gasteiger charge is 2.13. The van der Waals surface area contributed by atoms with E-state index in [1.807, 2.05) is 6.92 Å². The minimum atomic E-state index is -0.493. The van der Waals surface area contributed by atoms with Gasteiger partial charge in [0.25, 0.3) is 0 Å². The zero-order valence-corrected chi connectivity index (χ0v) is 9.24. The van der Waals surface area contributed by atoms with Crippen molar-refractivity contribution in [2.75, 3.05) is 19.0 Å². The Labute approximate surface area is 93.6 Å². The van der Waals surface area contributed by atoms with Gasteiger partial charge in [-0.05, 0) is 24.6 Å². The van der Waals surface area contributed by atoms with Crippen LogP contribution in [0.25, 0.3) is 0 Å². The summed E-state index contributed by atoms with van der Waals surface area (Å²) in [7, 11) is 1.29. The molecule has 0 heterocycles. The number of hydrogen-bond donors (Lipinski definition) is 2. The van der Waals surface area contributed by atoms with Gasteiger partial charge in [-0.25, -0.2) is 4.79 Å². The largest absolute Gasteiger partial charge is 0.465 e. The number of benzene rings is 1. The molecular weight excluding hydrogens is 208 g/mol. The summed E-state index contributed by atoms with van der Waals surface area (Å²) in [6.45, 7) is 1.73. The Morgan fingerprint density at radius 1 is 1.44 bits per heavy atom. The van der Waals surface area contributed by atoms with Crippen molar-refractivity contribution in [3.63, 3.8) is 0 Å². The number of nitrogens with one attached hydrogen (secondary N) is 1. The van der Waals surface area contributed by atoms with Crippen LogP contribution in [0.3, 0.4) is 0 Å². The first kappa shape index (κ1) is 12.2. The van der Waals surface area contributed by atoms with E-state index in [-0.39, 0.29) is 12.5 Å². The van der Waals surface area contributed by atoms with Crippen LogP contribution in [0.5, 0.6) is 0 Å². The summed E-state index contributed by atoms with van der Waals surface area (Å²) in [4.78, 5) is 22.6. The van der Waals surface area contributed by atoms with Crippen LogP contribution in [0.1, 0.15) is 15.9 Å². The Kier molecular flexibility index (Phi) is 4.02. The monoisotopic (exact) mass is 222 g/mol. The first-order valence-corrected chi connectivity index (χ1v) is 4.77. The highest BCUT2D eigenvalue weighted by molar-refractivity contribution is 6.01. The Balaban J connectivity index is 3.08. The van der Waals surface area contributed by atoms with Crippen molar-refractivity contribution in [1.82, 2.24) is 0 Å². The lowest BCUT2D eigenvalue weighted by Crippen LogP contribution is -2.23. The summed E-state index contributed by atoms with van der Waals surface area (Å²) < 4.78 is 4.61. The number of methoxy groups -OCH3 is 1. The first-order chi connectivity index (χ1) is 7.58. The molecule has 0 spiro atoms. The minimum Gasteiger partial charge on any atom is -0.465 e. The summed E-state index contributed by atoms with van der Waals surface area (Å²) in [5, 5.41) is 2.55. The molecule has 0 saturated heterocycles. The molecule has 0 aliphatic carbocycles. The topological polar surface area (TPSA) is 81.4 Å². The molecule has 0 bridgehead atoms. The summed E-state index contributed by atoms with van der Waals surface area (Å²) >= 11 is 0. The third kappa shape index (κ3) is 2.80. The number of esters is 1. The number of aryl methyl sites for hydroxylation is 1. The molecule has 0 aromatic heterocycles. The number of hydrogen-bond acceptors (Lipinski definition) is 4. The molecule has 0 aliphatic rings. The van der Waals surface area contributed by atoms with Crippen molar-refractivity contribution in [1.29, 1.82) is 0 Å². The zero-order valence-electron chi connectivity index (χ0n) is 9.24. The van der Waals surface area contributed by atoms with Crippen molar-refractivity contribution in [2.24, 2.45) is 5.73 Å². The van der Waals surface area contributed by atoms with Crippen LogP contribution in [0.4, 0.5) is 5.69 Å². The average Bonchev–Trinajstić information content (AvgIpc) is 2.28. The van der Waals surface area contributed by atoms with E-state index in [4.69, 9.17) is 5.73 Å². The van der Waals surface area contributed by atoms with Crippen molar-refractivity contribution < 1.29 is 14.3 Å². The number of carbonyl (C=O) groups excluding carboxylic acids is 2. The fourth-order valence-corrected chi connectivity index (χ4v) is 1.25. The van der Waals surface area contributed by atoms with Gasteiger partial charge < -0.3 is 15.8 Å². The lowest BCUT2D eigenvalue weighted by molar-refractivity contribution is -0.114. The second-order valence-corrected chi connectivity index (χ2v) is 3.29. The molecule has 0 atom stereocenters. The molecule has 3 N–H and O–H groups in total. The molecule has 5 heteroatoms. The van der Waals surface area contributed by atoms with Gasteiger partial charge in [-0.1, -0.05) is 6.07 Å². The maximum atomic E-state index is 11.4. The van der Waals surface area contributed by atoms with E-state index in [2.05, 4.69) is 10.1 Å². The molecule has 5 nitrogen and oxygen atoms in total. The summed E-state index contributed by atoms with van der Waals surface area (Å²) in [6, 6.07) is 5.07. The van der Waals surface area contributed by atoms with Crippen LogP contribution < -0.4 is 11.1 Å². The predicted octanol–water partition coefficient (Wildman–Crippen LogP) is 0.679. The van der Waals surface area contributed by atoms with Crippen LogP contribution in [0.15, 0.2) is 18.2 Å². The smallest absolute Gasteiger partial charge is 0.339 e.